The predicted molar refractivity (Wildman–Crippen MR) is 83.0 cm³/mol. The molecule has 0 spiro atoms. The highest BCUT2D eigenvalue weighted by atomic mass is 16.5. The molecule has 0 radical (unpaired) electrons. The van der Waals surface area contributed by atoms with Crippen LogP contribution in [0.1, 0.15) is 10.4 Å². The first-order valence-electron chi connectivity index (χ1n) is 6.80. The maximum absolute atomic E-state index is 12.0. The van der Waals surface area contributed by atoms with Gasteiger partial charge < -0.3 is 9.64 Å². The Morgan fingerprint density at radius 1 is 1.32 bits per heavy atom. The Kier molecular flexibility index (Phi) is 3.50. The highest BCUT2D eigenvalue weighted by molar-refractivity contribution is 5.95. The average molecular weight is 296 g/mol. The van der Waals surface area contributed by atoms with Crippen molar-refractivity contribution in [3.63, 3.8) is 0 Å². The number of benzene rings is 1. The van der Waals surface area contributed by atoms with Crippen LogP contribution in [0.4, 0.5) is 0 Å². The Hall–Kier alpha value is -2.89. The van der Waals surface area contributed by atoms with Crippen LogP contribution in [0.2, 0.25) is 0 Å². The number of hydrogen-bond acceptors (Lipinski definition) is 4. The highest BCUT2D eigenvalue weighted by Crippen LogP contribution is 2.30. The number of carbonyl (C=O) groups is 1. The van der Waals surface area contributed by atoms with E-state index in [9.17, 15) is 4.79 Å². The Balaban J connectivity index is 2.08. The summed E-state index contributed by atoms with van der Waals surface area (Å²) in [6, 6.07) is 7.19. The van der Waals surface area contributed by atoms with Crippen molar-refractivity contribution in [2.75, 3.05) is 21.2 Å². The Morgan fingerprint density at radius 3 is 2.82 bits per heavy atom. The minimum Gasteiger partial charge on any atom is -0.496 e. The lowest BCUT2D eigenvalue weighted by Gasteiger charge is -2.12. The van der Waals surface area contributed by atoms with Crippen LogP contribution in [0.5, 0.6) is 5.75 Å². The first-order valence-corrected chi connectivity index (χ1v) is 6.80. The summed E-state index contributed by atoms with van der Waals surface area (Å²) in [5.41, 5.74) is 2.15. The third kappa shape index (κ3) is 2.39. The number of carbonyl (C=O) groups excluding carboxylic acids is 1. The molecule has 0 aliphatic carbocycles. The molecule has 0 bridgehead atoms. The predicted octanol–water partition coefficient (Wildman–Crippen LogP) is 2.11. The average Bonchev–Trinajstić information content (AvgIpc) is 2.97. The molecule has 0 saturated heterocycles. The molecular formula is C16H16N4O2. The van der Waals surface area contributed by atoms with Gasteiger partial charge in [-0.2, -0.15) is 0 Å². The monoisotopic (exact) mass is 296 g/mol. The van der Waals surface area contributed by atoms with Gasteiger partial charge in [0.2, 0.25) is 5.78 Å². The van der Waals surface area contributed by atoms with Gasteiger partial charge in [0.1, 0.15) is 5.75 Å². The van der Waals surface area contributed by atoms with E-state index in [4.69, 9.17) is 4.74 Å². The lowest BCUT2D eigenvalue weighted by molar-refractivity contribution is 0.0827. The van der Waals surface area contributed by atoms with Gasteiger partial charge in [0.05, 0.1) is 12.8 Å². The van der Waals surface area contributed by atoms with Gasteiger partial charge in [-0.05, 0) is 24.3 Å². The van der Waals surface area contributed by atoms with Gasteiger partial charge in [-0.3, -0.25) is 9.20 Å². The highest BCUT2D eigenvalue weighted by Gasteiger charge is 2.15. The van der Waals surface area contributed by atoms with E-state index in [2.05, 4.69) is 9.97 Å². The van der Waals surface area contributed by atoms with Crippen molar-refractivity contribution in [1.82, 2.24) is 19.3 Å². The summed E-state index contributed by atoms with van der Waals surface area (Å²) in [6.07, 6.45) is 5.46. The molecule has 112 valence electrons. The van der Waals surface area contributed by atoms with E-state index in [1.54, 1.807) is 39.5 Å². The lowest BCUT2D eigenvalue weighted by Crippen LogP contribution is -2.21. The van der Waals surface area contributed by atoms with E-state index < -0.39 is 0 Å². The van der Waals surface area contributed by atoms with Crippen LogP contribution < -0.4 is 4.74 Å². The Bertz CT molecular complexity index is 806. The Morgan fingerprint density at radius 2 is 2.14 bits per heavy atom. The zero-order valence-electron chi connectivity index (χ0n) is 12.6. The fourth-order valence-electron chi connectivity index (χ4n) is 2.25. The van der Waals surface area contributed by atoms with Crippen LogP contribution in [0.3, 0.4) is 0 Å². The first-order chi connectivity index (χ1) is 10.6. The van der Waals surface area contributed by atoms with Crippen molar-refractivity contribution in [3.8, 4) is 17.0 Å². The molecule has 0 atom stereocenters. The van der Waals surface area contributed by atoms with E-state index in [1.165, 1.54) is 4.90 Å². The summed E-state index contributed by atoms with van der Waals surface area (Å²) in [7, 11) is 5.02. The van der Waals surface area contributed by atoms with Crippen LogP contribution in [0, 0.1) is 0 Å². The fraction of sp³-hybridized carbons (Fsp3) is 0.188. The SMILES string of the molecule is COc1cc(C(=O)N(C)C)ccc1-c1cn2cccnc2n1. The molecule has 0 fully saturated rings. The molecule has 3 rings (SSSR count). The lowest BCUT2D eigenvalue weighted by atomic mass is 10.1. The van der Waals surface area contributed by atoms with Crippen molar-refractivity contribution in [1.29, 1.82) is 0 Å². The van der Waals surface area contributed by atoms with Gasteiger partial charge in [0.15, 0.2) is 0 Å². The number of fused-ring (bicyclic) bond motifs is 1. The van der Waals surface area contributed by atoms with Gasteiger partial charge in [-0.15, -0.1) is 0 Å². The van der Waals surface area contributed by atoms with Gasteiger partial charge >= 0.3 is 0 Å². The summed E-state index contributed by atoms with van der Waals surface area (Å²) in [5, 5.41) is 0. The topological polar surface area (TPSA) is 59.7 Å². The van der Waals surface area contributed by atoms with Crippen LogP contribution >= 0.6 is 0 Å². The minimum absolute atomic E-state index is 0.0680. The normalized spacial score (nSPS) is 10.7. The van der Waals surface area contributed by atoms with E-state index in [0.29, 0.717) is 17.1 Å². The maximum atomic E-state index is 12.0. The molecule has 0 unspecified atom stereocenters. The van der Waals surface area contributed by atoms with Crippen molar-refractivity contribution in [3.05, 3.63) is 48.4 Å². The summed E-state index contributed by atoms with van der Waals surface area (Å²) < 4.78 is 7.27. The first kappa shape index (κ1) is 14.1. The largest absolute Gasteiger partial charge is 0.496 e. The third-order valence-corrected chi connectivity index (χ3v) is 3.37. The number of methoxy groups -OCH3 is 1. The molecule has 2 heterocycles. The molecular weight excluding hydrogens is 280 g/mol. The van der Waals surface area contributed by atoms with Crippen LogP contribution in [-0.2, 0) is 0 Å². The van der Waals surface area contributed by atoms with E-state index in [-0.39, 0.29) is 5.91 Å². The minimum atomic E-state index is -0.0680. The summed E-state index contributed by atoms with van der Waals surface area (Å²) in [5.74, 6) is 1.16. The molecule has 6 nitrogen and oxygen atoms in total. The second-order valence-corrected chi connectivity index (χ2v) is 5.07. The molecule has 0 saturated carbocycles. The summed E-state index contributed by atoms with van der Waals surface area (Å²) >= 11 is 0. The number of hydrogen-bond donors (Lipinski definition) is 0. The van der Waals surface area contributed by atoms with Crippen LogP contribution in [-0.4, -0.2) is 46.4 Å². The number of aromatic nitrogens is 3. The number of amides is 1. The van der Waals surface area contributed by atoms with Gasteiger partial charge in [-0.25, -0.2) is 9.97 Å². The molecule has 3 aromatic rings. The number of nitrogens with zero attached hydrogens (tertiary/aromatic N) is 4. The molecule has 6 heteroatoms. The second kappa shape index (κ2) is 5.48. The molecule has 0 aliphatic heterocycles. The van der Waals surface area contributed by atoms with Crippen molar-refractivity contribution >= 4 is 11.7 Å². The van der Waals surface area contributed by atoms with E-state index in [1.807, 2.05) is 28.9 Å². The fourth-order valence-corrected chi connectivity index (χ4v) is 2.25. The van der Waals surface area contributed by atoms with Gasteiger partial charge in [0, 0.05) is 43.8 Å². The summed E-state index contributed by atoms with van der Waals surface area (Å²) in [4.78, 5) is 22.3. The van der Waals surface area contributed by atoms with Crippen LogP contribution in [0.25, 0.3) is 17.0 Å². The molecule has 2 aromatic heterocycles. The third-order valence-electron chi connectivity index (χ3n) is 3.37. The van der Waals surface area contributed by atoms with Gasteiger partial charge in [-0.1, -0.05) is 0 Å². The quantitative estimate of drug-likeness (QED) is 0.742. The zero-order chi connectivity index (χ0) is 15.7. The molecule has 0 N–H and O–H groups in total. The number of rotatable bonds is 3. The second-order valence-electron chi connectivity index (χ2n) is 5.07. The molecule has 1 aromatic carbocycles. The van der Waals surface area contributed by atoms with Crippen molar-refractivity contribution in [2.45, 2.75) is 0 Å². The van der Waals surface area contributed by atoms with E-state index in [0.717, 1.165) is 11.3 Å². The standard InChI is InChI=1S/C16H16N4O2/c1-19(2)15(21)11-5-6-12(14(9-11)22-3)13-10-20-8-4-7-17-16(20)18-13/h4-10H,1-3H3. The number of imidazole rings is 1. The Labute approximate surface area is 128 Å². The summed E-state index contributed by atoms with van der Waals surface area (Å²) in [6.45, 7) is 0. The zero-order valence-corrected chi connectivity index (χ0v) is 12.6. The van der Waals surface area contributed by atoms with E-state index >= 15 is 0 Å². The molecule has 1 amide bonds. The van der Waals surface area contributed by atoms with Gasteiger partial charge in [0.25, 0.3) is 5.91 Å². The smallest absolute Gasteiger partial charge is 0.253 e. The maximum Gasteiger partial charge on any atom is 0.253 e. The van der Waals surface area contributed by atoms with Crippen molar-refractivity contribution in [2.24, 2.45) is 0 Å². The van der Waals surface area contributed by atoms with Crippen molar-refractivity contribution < 1.29 is 9.53 Å². The molecule has 22 heavy (non-hydrogen) atoms. The van der Waals surface area contributed by atoms with Crippen LogP contribution in [0.15, 0.2) is 42.9 Å². The number of ether oxygens (including phenoxy) is 1. The molecule has 0 aliphatic rings.